The summed E-state index contributed by atoms with van der Waals surface area (Å²) >= 11 is 6.13. The van der Waals surface area contributed by atoms with Gasteiger partial charge < -0.3 is 4.43 Å². The summed E-state index contributed by atoms with van der Waals surface area (Å²) in [5.74, 6) is 3.53. The van der Waals surface area contributed by atoms with Crippen LogP contribution < -0.4 is 0 Å². The van der Waals surface area contributed by atoms with Crippen molar-refractivity contribution in [1.82, 2.24) is 0 Å². The average molecular weight is 449 g/mol. The monoisotopic (exact) mass is 448 g/mol. The highest BCUT2D eigenvalue weighted by Crippen LogP contribution is 2.64. The minimum Gasteiger partial charge on any atom is -0.413 e. The molecule has 0 aromatic rings. The summed E-state index contributed by atoms with van der Waals surface area (Å²) in [6.07, 6.45) is 12.5. The molecule has 0 aliphatic heterocycles. The van der Waals surface area contributed by atoms with Crippen molar-refractivity contribution in [3.8, 4) is 0 Å². The molecule has 0 aromatic heterocycles. The van der Waals surface area contributed by atoms with E-state index in [9.17, 15) is 4.79 Å². The summed E-state index contributed by atoms with van der Waals surface area (Å²) < 4.78 is 7.07. The topological polar surface area (TPSA) is 26.3 Å². The Hall–Kier alpha value is -0.383. The third-order valence-corrected chi connectivity index (χ3v) is 14.5. The Morgan fingerprint density at radius 2 is 1.93 bits per heavy atom. The van der Waals surface area contributed by atoms with Crippen molar-refractivity contribution in [2.24, 2.45) is 35.0 Å². The van der Waals surface area contributed by atoms with Gasteiger partial charge in [-0.15, -0.1) is 0 Å². The number of allylic oxidation sites excluding steroid dienone is 2. The molecule has 0 unspecified atom stereocenters. The van der Waals surface area contributed by atoms with Crippen LogP contribution in [-0.2, 0) is 9.22 Å². The maximum atomic E-state index is 12.1. The molecular weight excluding hydrogens is 408 g/mol. The van der Waals surface area contributed by atoms with Gasteiger partial charge in [-0.25, -0.2) is 0 Å². The zero-order valence-corrected chi connectivity index (χ0v) is 21.6. The second kappa shape index (κ2) is 7.88. The lowest BCUT2D eigenvalue weighted by Gasteiger charge is -2.56. The lowest BCUT2D eigenvalue weighted by Crippen LogP contribution is -2.53. The van der Waals surface area contributed by atoms with Gasteiger partial charge in [-0.2, -0.15) is 0 Å². The summed E-state index contributed by atoms with van der Waals surface area (Å²) in [5, 5.41) is 0.252. The van der Waals surface area contributed by atoms with Gasteiger partial charge in [0.25, 0.3) is 0 Å². The SMILES string of the molecule is CC(C)(C)[Si](C)(C)O[C@H]1CC[C@H]2[C@H]3[C@H](CC[C@]12C)[C@H]1CCC(=O)C=C1C[C@H]3/C=C\Cl. The number of fused-ring (bicyclic) bond motifs is 5. The zero-order valence-electron chi connectivity index (χ0n) is 19.8. The molecule has 168 valence electrons. The maximum Gasteiger partial charge on any atom is 0.192 e. The van der Waals surface area contributed by atoms with E-state index in [4.69, 9.17) is 16.0 Å². The lowest BCUT2D eigenvalue weighted by molar-refractivity contribution is -0.116. The number of carbonyl (C=O) groups excluding carboxylic acids is 1. The van der Waals surface area contributed by atoms with Gasteiger partial charge in [0.1, 0.15) is 0 Å². The molecule has 0 amide bonds. The maximum absolute atomic E-state index is 12.1. The highest BCUT2D eigenvalue weighted by molar-refractivity contribution is 6.74. The molecule has 2 nitrogen and oxygen atoms in total. The van der Waals surface area contributed by atoms with E-state index >= 15 is 0 Å². The first-order valence-electron chi connectivity index (χ1n) is 12.2. The minimum atomic E-state index is -1.79. The smallest absolute Gasteiger partial charge is 0.192 e. The first-order chi connectivity index (χ1) is 14.0. The van der Waals surface area contributed by atoms with Crippen LogP contribution in [0.4, 0.5) is 0 Å². The average Bonchev–Trinajstić information content (AvgIpc) is 2.96. The van der Waals surface area contributed by atoms with Gasteiger partial charge in [0, 0.05) is 12.0 Å². The van der Waals surface area contributed by atoms with E-state index in [0.717, 1.165) is 19.3 Å². The van der Waals surface area contributed by atoms with Crippen molar-refractivity contribution >= 4 is 25.7 Å². The van der Waals surface area contributed by atoms with Gasteiger partial charge >= 0.3 is 0 Å². The second-order valence-corrected chi connectivity index (χ2v) is 17.4. The van der Waals surface area contributed by atoms with E-state index < -0.39 is 8.32 Å². The molecule has 0 N–H and O–H groups in total. The summed E-state index contributed by atoms with van der Waals surface area (Å²) in [6.45, 7) is 14.4. The van der Waals surface area contributed by atoms with Crippen molar-refractivity contribution in [3.63, 3.8) is 0 Å². The van der Waals surface area contributed by atoms with E-state index in [1.54, 1.807) is 5.54 Å². The Bertz CT molecular complexity index is 749. The summed E-state index contributed by atoms with van der Waals surface area (Å²) in [7, 11) is -1.79. The van der Waals surface area contributed by atoms with Crippen molar-refractivity contribution in [3.05, 3.63) is 23.3 Å². The van der Waals surface area contributed by atoms with Crippen LogP contribution in [0.15, 0.2) is 23.3 Å². The fourth-order valence-corrected chi connectivity index (χ4v) is 8.89. The molecule has 4 rings (SSSR count). The zero-order chi connectivity index (χ0) is 21.9. The highest BCUT2D eigenvalue weighted by atomic mass is 35.5. The van der Waals surface area contributed by atoms with Gasteiger partial charge in [0.15, 0.2) is 14.1 Å². The van der Waals surface area contributed by atoms with Crippen LogP contribution >= 0.6 is 11.6 Å². The molecule has 0 saturated heterocycles. The summed E-state index contributed by atoms with van der Waals surface area (Å²) in [6, 6.07) is 0. The molecule has 30 heavy (non-hydrogen) atoms. The number of rotatable bonds is 3. The predicted molar refractivity (Wildman–Crippen MR) is 128 cm³/mol. The Labute approximate surface area is 190 Å². The Morgan fingerprint density at radius 1 is 1.20 bits per heavy atom. The largest absolute Gasteiger partial charge is 0.413 e. The third kappa shape index (κ3) is 3.71. The predicted octanol–water partition coefficient (Wildman–Crippen LogP) is 7.50. The first kappa shape index (κ1) is 22.8. The molecule has 0 aromatic carbocycles. The number of halogens is 1. The molecule has 0 radical (unpaired) electrons. The van der Waals surface area contributed by atoms with Crippen molar-refractivity contribution in [2.45, 2.75) is 96.9 Å². The van der Waals surface area contributed by atoms with Crippen molar-refractivity contribution in [2.75, 3.05) is 0 Å². The van der Waals surface area contributed by atoms with Crippen LogP contribution in [0.25, 0.3) is 0 Å². The van der Waals surface area contributed by atoms with E-state index in [1.807, 2.05) is 6.08 Å². The van der Waals surface area contributed by atoms with Gasteiger partial charge in [-0.05, 0) is 97.7 Å². The van der Waals surface area contributed by atoms with Crippen LogP contribution in [0.5, 0.6) is 0 Å². The second-order valence-electron chi connectivity index (χ2n) is 12.4. The molecule has 3 saturated carbocycles. The molecule has 4 aliphatic rings. The number of hydrogen-bond acceptors (Lipinski definition) is 2. The molecule has 0 spiro atoms. The molecular formula is C26H41ClO2Si. The van der Waals surface area contributed by atoms with Crippen LogP contribution in [0, 0.1) is 35.0 Å². The van der Waals surface area contributed by atoms with Gasteiger partial charge in [-0.3, -0.25) is 4.79 Å². The lowest BCUT2D eigenvalue weighted by atomic mass is 9.49. The Morgan fingerprint density at radius 3 is 2.60 bits per heavy atom. The molecule has 0 heterocycles. The van der Waals surface area contributed by atoms with Gasteiger partial charge in [0.05, 0.1) is 6.10 Å². The van der Waals surface area contributed by atoms with Crippen molar-refractivity contribution in [1.29, 1.82) is 0 Å². The number of hydrogen-bond donors (Lipinski definition) is 0. The summed E-state index contributed by atoms with van der Waals surface area (Å²) in [5.41, 5.74) is 3.43. The number of carbonyl (C=O) groups is 1. The van der Waals surface area contributed by atoms with Crippen LogP contribution in [0.2, 0.25) is 18.1 Å². The molecule has 3 fully saturated rings. The molecule has 4 heteroatoms. The standard InChI is InChI=1S/C26H41ClO2Si/c1-25(2,3)30(5,6)29-23-10-9-22-24-17(12-14-27)15-18-16-19(28)7-8-20(18)21(24)11-13-26(22,23)4/h12,14,16-17,20-24H,7-11,13,15H2,1-6H3/b14-12-/t17-,20+,21-,22+,23+,24-,26+/m1/s1. The van der Waals surface area contributed by atoms with E-state index in [0.29, 0.717) is 41.5 Å². The quantitative estimate of drug-likeness (QED) is 0.417. The van der Waals surface area contributed by atoms with Crippen LogP contribution in [0.3, 0.4) is 0 Å². The van der Waals surface area contributed by atoms with Gasteiger partial charge in [0.2, 0.25) is 0 Å². The molecule has 0 bridgehead atoms. The van der Waals surface area contributed by atoms with Crippen LogP contribution in [-0.4, -0.2) is 20.2 Å². The van der Waals surface area contributed by atoms with Crippen LogP contribution in [0.1, 0.15) is 72.6 Å². The molecule has 7 atom stereocenters. The first-order valence-corrected chi connectivity index (χ1v) is 15.5. The normalized spacial score (nSPS) is 42.0. The third-order valence-electron chi connectivity index (χ3n) is 9.87. The summed E-state index contributed by atoms with van der Waals surface area (Å²) in [4.78, 5) is 12.1. The number of ketones is 1. The molecule has 4 aliphatic carbocycles. The van der Waals surface area contributed by atoms with E-state index in [1.165, 1.54) is 31.3 Å². The van der Waals surface area contributed by atoms with E-state index in [-0.39, 0.29) is 10.5 Å². The highest BCUT2D eigenvalue weighted by Gasteiger charge is 2.59. The van der Waals surface area contributed by atoms with Gasteiger partial charge in [-0.1, -0.05) is 50.9 Å². The van der Waals surface area contributed by atoms with Crippen molar-refractivity contribution < 1.29 is 9.22 Å². The Balaban J connectivity index is 1.63. The van der Waals surface area contributed by atoms with E-state index in [2.05, 4.69) is 46.9 Å². The fourth-order valence-electron chi connectivity index (χ4n) is 7.25. The Kier molecular flexibility index (Phi) is 5.99. The minimum absolute atomic E-state index is 0.252. The fraction of sp³-hybridized carbons (Fsp3) is 0.808.